The first-order valence-corrected chi connectivity index (χ1v) is 8.01. The van der Waals surface area contributed by atoms with Crippen LogP contribution in [0.1, 0.15) is 54.4 Å². The quantitative estimate of drug-likeness (QED) is 0.336. The SMILES string of the molecule is CCOC(=O)C(CC)(CC)P(=O)(O)OOC(C)(C)C. The molecular formula is C12H25O6P. The molecule has 0 saturated carbocycles. The molecule has 0 aliphatic carbocycles. The summed E-state index contributed by atoms with van der Waals surface area (Å²) in [7, 11) is -4.31. The van der Waals surface area contributed by atoms with Gasteiger partial charge in [0.05, 0.1) is 12.2 Å². The molecular weight excluding hydrogens is 271 g/mol. The summed E-state index contributed by atoms with van der Waals surface area (Å²) >= 11 is 0. The van der Waals surface area contributed by atoms with Gasteiger partial charge < -0.3 is 9.63 Å². The van der Waals surface area contributed by atoms with E-state index in [0.717, 1.165) is 0 Å². The van der Waals surface area contributed by atoms with E-state index < -0.39 is 24.3 Å². The Labute approximate surface area is 114 Å². The van der Waals surface area contributed by atoms with Crippen molar-refractivity contribution in [1.82, 2.24) is 0 Å². The van der Waals surface area contributed by atoms with E-state index in [4.69, 9.17) is 14.3 Å². The molecule has 0 aliphatic rings. The highest BCUT2D eigenvalue weighted by molar-refractivity contribution is 7.55. The molecule has 0 heterocycles. The van der Waals surface area contributed by atoms with E-state index in [1.54, 1.807) is 41.5 Å². The fourth-order valence-corrected chi connectivity index (χ4v) is 3.11. The van der Waals surface area contributed by atoms with E-state index >= 15 is 0 Å². The van der Waals surface area contributed by atoms with E-state index in [1.165, 1.54) is 0 Å². The van der Waals surface area contributed by atoms with Crippen molar-refractivity contribution in [2.75, 3.05) is 6.61 Å². The van der Waals surface area contributed by atoms with Crippen LogP contribution in [0.5, 0.6) is 0 Å². The van der Waals surface area contributed by atoms with Crippen LogP contribution in [-0.2, 0) is 23.7 Å². The number of ether oxygens (including phenoxy) is 1. The van der Waals surface area contributed by atoms with Crippen molar-refractivity contribution >= 4 is 13.6 Å². The van der Waals surface area contributed by atoms with Crippen molar-refractivity contribution in [2.45, 2.75) is 65.1 Å². The number of carbonyl (C=O) groups excluding carboxylic acids is 1. The zero-order chi connectivity index (χ0) is 15.3. The van der Waals surface area contributed by atoms with Crippen LogP contribution in [0.15, 0.2) is 0 Å². The molecule has 0 rings (SSSR count). The molecule has 0 aromatic carbocycles. The Hall–Kier alpha value is -0.420. The average molecular weight is 296 g/mol. The van der Waals surface area contributed by atoms with Crippen LogP contribution in [0.4, 0.5) is 0 Å². The zero-order valence-electron chi connectivity index (χ0n) is 12.6. The molecule has 0 aromatic heterocycles. The van der Waals surface area contributed by atoms with Gasteiger partial charge in [-0.1, -0.05) is 13.8 Å². The van der Waals surface area contributed by atoms with E-state index in [1.807, 2.05) is 0 Å². The van der Waals surface area contributed by atoms with Gasteiger partial charge in [-0.05, 0) is 40.5 Å². The standard InChI is InChI=1S/C12H25O6P/c1-7-12(8-2,10(13)16-9-3)19(14,15)18-17-11(4,5)6/h7-9H2,1-6H3,(H,14,15). The number of carbonyl (C=O) groups is 1. The van der Waals surface area contributed by atoms with Crippen molar-refractivity contribution in [2.24, 2.45) is 0 Å². The van der Waals surface area contributed by atoms with Crippen LogP contribution in [0.25, 0.3) is 0 Å². The smallest absolute Gasteiger partial charge is 0.372 e. The lowest BCUT2D eigenvalue weighted by Gasteiger charge is -2.33. The summed E-state index contributed by atoms with van der Waals surface area (Å²) in [5.74, 6) is -0.733. The molecule has 7 heteroatoms. The number of rotatable bonds is 7. The highest BCUT2D eigenvalue weighted by Gasteiger charge is 2.55. The topological polar surface area (TPSA) is 82.1 Å². The molecule has 1 atom stereocenters. The monoisotopic (exact) mass is 296 g/mol. The first kappa shape index (κ1) is 18.6. The molecule has 0 saturated heterocycles. The van der Waals surface area contributed by atoms with E-state index in [-0.39, 0.29) is 19.4 Å². The minimum absolute atomic E-state index is 0.129. The minimum atomic E-state index is -4.31. The summed E-state index contributed by atoms with van der Waals surface area (Å²) in [4.78, 5) is 27.0. The van der Waals surface area contributed by atoms with Crippen LogP contribution in [0, 0.1) is 0 Å². The normalized spacial score (nSPS) is 15.9. The summed E-state index contributed by atoms with van der Waals surface area (Å²) in [6.07, 6.45) is 0.257. The third-order valence-electron chi connectivity index (χ3n) is 2.75. The highest BCUT2D eigenvalue weighted by Crippen LogP contribution is 2.60. The van der Waals surface area contributed by atoms with Gasteiger partial charge in [0.2, 0.25) is 0 Å². The molecule has 19 heavy (non-hydrogen) atoms. The van der Waals surface area contributed by atoms with Crippen LogP contribution < -0.4 is 0 Å². The molecule has 0 amide bonds. The summed E-state index contributed by atoms with van der Waals surface area (Å²) in [6.45, 7) is 10.1. The Balaban J connectivity index is 5.25. The molecule has 0 spiro atoms. The van der Waals surface area contributed by atoms with E-state index in [0.29, 0.717) is 0 Å². The second-order valence-electron chi connectivity index (χ2n) is 5.25. The van der Waals surface area contributed by atoms with Gasteiger partial charge in [-0.2, -0.15) is 0 Å². The third-order valence-corrected chi connectivity index (χ3v) is 4.93. The summed E-state index contributed by atoms with van der Waals surface area (Å²) in [5.41, 5.74) is -0.750. The molecule has 6 nitrogen and oxygen atoms in total. The fraction of sp³-hybridized carbons (Fsp3) is 0.917. The Kier molecular flexibility index (Phi) is 6.69. The largest absolute Gasteiger partial charge is 0.465 e. The van der Waals surface area contributed by atoms with Gasteiger partial charge in [0.25, 0.3) is 0 Å². The van der Waals surface area contributed by atoms with E-state index in [9.17, 15) is 14.3 Å². The Bertz CT molecular complexity index is 343. The lowest BCUT2D eigenvalue weighted by molar-refractivity contribution is -0.281. The van der Waals surface area contributed by atoms with Crippen molar-refractivity contribution in [3.63, 3.8) is 0 Å². The molecule has 0 bridgehead atoms. The highest BCUT2D eigenvalue weighted by atomic mass is 31.2. The summed E-state index contributed by atoms with van der Waals surface area (Å²) in [5, 5.41) is -1.59. The Morgan fingerprint density at radius 1 is 1.16 bits per heavy atom. The fourth-order valence-electron chi connectivity index (χ4n) is 1.55. The molecule has 1 N–H and O–H groups in total. The van der Waals surface area contributed by atoms with Gasteiger partial charge in [-0.3, -0.25) is 9.36 Å². The van der Waals surface area contributed by atoms with Gasteiger partial charge in [0.1, 0.15) is 0 Å². The van der Waals surface area contributed by atoms with Gasteiger partial charge in [0.15, 0.2) is 5.16 Å². The van der Waals surface area contributed by atoms with Gasteiger partial charge in [-0.15, -0.1) is 4.67 Å². The zero-order valence-corrected chi connectivity index (χ0v) is 13.5. The second-order valence-corrected chi connectivity index (χ2v) is 7.30. The van der Waals surface area contributed by atoms with Gasteiger partial charge in [0, 0.05) is 0 Å². The molecule has 0 aliphatic heterocycles. The van der Waals surface area contributed by atoms with Crippen LogP contribution >= 0.6 is 7.60 Å². The first-order chi connectivity index (χ1) is 8.56. The van der Waals surface area contributed by atoms with Crippen molar-refractivity contribution in [1.29, 1.82) is 0 Å². The molecule has 1 unspecified atom stereocenters. The minimum Gasteiger partial charge on any atom is -0.465 e. The maximum Gasteiger partial charge on any atom is 0.372 e. The molecule has 0 radical (unpaired) electrons. The van der Waals surface area contributed by atoms with Crippen LogP contribution in [-0.4, -0.2) is 28.2 Å². The average Bonchev–Trinajstić information content (AvgIpc) is 2.28. The number of hydrogen-bond acceptors (Lipinski definition) is 5. The molecule has 0 fully saturated rings. The number of esters is 1. The molecule has 0 aromatic rings. The second kappa shape index (κ2) is 6.84. The summed E-state index contributed by atoms with van der Waals surface area (Å²) in [6, 6.07) is 0. The maximum absolute atomic E-state index is 12.4. The van der Waals surface area contributed by atoms with Gasteiger partial charge in [-0.25, -0.2) is 4.89 Å². The first-order valence-electron chi connectivity index (χ1n) is 6.43. The van der Waals surface area contributed by atoms with Crippen molar-refractivity contribution < 1.29 is 28.6 Å². The number of hydrogen-bond donors (Lipinski definition) is 1. The molecule has 114 valence electrons. The Morgan fingerprint density at radius 2 is 1.63 bits per heavy atom. The lowest BCUT2D eigenvalue weighted by atomic mass is 10.0. The third kappa shape index (κ3) is 4.56. The Morgan fingerprint density at radius 3 is 1.95 bits per heavy atom. The van der Waals surface area contributed by atoms with Crippen LogP contribution in [0.3, 0.4) is 0 Å². The maximum atomic E-state index is 12.4. The predicted molar refractivity (Wildman–Crippen MR) is 71.7 cm³/mol. The predicted octanol–water partition coefficient (Wildman–Crippen LogP) is 3.04. The van der Waals surface area contributed by atoms with Crippen molar-refractivity contribution in [3.05, 3.63) is 0 Å². The lowest BCUT2D eigenvalue weighted by Crippen LogP contribution is -2.40. The van der Waals surface area contributed by atoms with E-state index in [2.05, 4.69) is 0 Å². The van der Waals surface area contributed by atoms with Crippen LogP contribution in [0.2, 0.25) is 0 Å². The van der Waals surface area contributed by atoms with Crippen molar-refractivity contribution in [3.8, 4) is 0 Å². The summed E-state index contributed by atoms with van der Waals surface area (Å²) < 4.78 is 22.0. The van der Waals surface area contributed by atoms with Gasteiger partial charge >= 0.3 is 13.6 Å².